The average molecular weight is 203 g/mol. The van der Waals surface area contributed by atoms with E-state index in [0.29, 0.717) is 0 Å². The minimum absolute atomic E-state index is 0.882. The molecule has 0 unspecified atom stereocenters. The smallest absolute Gasteiger partial charge is 0.0230 e. The van der Waals surface area contributed by atoms with Crippen LogP contribution in [0.4, 0.5) is 0 Å². The quantitative estimate of drug-likeness (QED) is 0.709. The molecule has 0 heterocycles. The van der Waals surface area contributed by atoms with E-state index in [1.54, 1.807) is 0 Å². The summed E-state index contributed by atoms with van der Waals surface area (Å²) in [6.45, 7) is 4.50. The van der Waals surface area contributed by atoms with Crippen LogP contribution in [0.25, 0.3) is 0 Å². The molecule has 0 N–H and O–H groups in total. The van der Waals surface area contributed by atoms with E-state index in [4.69, 9.17) is 0 Å². The zero-order valence-corrected chi connectivity index (χ0v) is 9.87. The van der Waals surface area contributed by atoms with Crippen LogP contribution in [0.2, 0.25) is 0 Å². The van der Waals surface area contributed by atoms with Crippen LogP contribution in [0.1, 0.15) is 43.2 Å². The molecule has 15 heavy (non-hydrogen) atoms. The van der Waals surface area contributed by atoms with Gasteiger partial charge in [0.25, 0.3) is 0 Å². The Hall–Kier alpha value is -0.820. The van der Waals surface area contributed by atoms with Gasteiger partial charge in [-0.1, -0.05) is 31.2 Å². The molecular formula is C14H21N. The lowest BCUT2D eigenvalue weighted by molar-refractivity contribution is 0.327. The average Bonchev–Trinajstić information content (AvgIpc) is 3.03. The summed E-state index contributed by atoms with van der Waals surface area (Å²) in [6.07, 6.45) is 4.03. The Morgan fingerprint density at radius 2 is 1.87 bits per heavy atom. The Morgan fingerprint density at radius 3 is 2.40 bits per heavy atom. The normalized spacial score (nSPS) is 15.9. The van der Waals surface area contributed by atoms with Gasteiger partial charge in [0.1, 0.15) is 0 Å². The van der Waals surface area contributed by atoms with E-state index < -0.39 is 0 Å². The lowest BCUT2D eigenvalue weighted by Crippen LogP contribution is -2.18. The predicted octanol–water partition coefficient (Wildman–Crippen LogP) is 3.41. The molecule has 1 aliphatic rings. The highest BCUT2D eigenvalue weighted by atomic mass is 15.1. The highest BCUT2D eigenvalue weighted by molar-refractivity contribution is 5.27. The molecule has 2 rings (SSSR count). The standard InChI is InChI=1S/C14H21N/c1-3-10-15(2)11-12-4-6-13(7-5-12)14-8-9-14/h4-7,14H,3,8-11H2,1-2H3. The van der Waals surface area contributed by atoms with Crippen molar-refractivity contribution in [3.63, 3.8) is 0 Å². The first kappa shape index (κ1) is 10.7. The Labute approximate surface area is 93.1 Å². The molecule has 1 aromatic carbocycles. The molecule has 1 aliphatic carbocycles. The van der Waals surface area contributed by atoms with Crippen molar-refractivity contribution >= 4 is 0 Å². The van der Waals surface area contributed by atoms with Gasteiger partial charge in [-0.25, -0.2) is 0 Å². The Bertz CT molecular complexity index is 298. The van der Waals surface area contributed by atoms with E-state index in [9.17, 15) is 0 Å². The molecule has 1 heteroatoms. The van der Waals surface area contributed by atoms with E-state index in [1.165, 1.54) is 36.9 Å². The molecule has 82 valence electrons. The Kier molecular flexibility index (Phi) is 3.42. The molecular weight excluding hydrogens is 182 g/mol. The summed E-state index contributed by atoms with van der Waals surface area (Å²) in [5.74, 6) is 0.882. The van der Waals surface area contributed by atoms with E-state index in [-0.39, 0.29) is 0 Å². The molecule has 0 aliphatic heterocycles. The van der Waals surface area contributed by atoms with E-state index in [0.717, 1.165) is 12.5 Å². The number of benzene rings is 1. The lowest BCUT2D eigenvalue weighted by Gasteiger charge is -2.15. The third-order valence-corrected chi connectivity index (χ3v) is 3.09. The molecule has 0 radical (unpaired) electrons. The minimum atomic E-state index is 0.882. The third-order valence-electron chi connectivity index (χ3n) is 3.09. The van der Waals surface area contributed by atoms with Gasteiger partial charge in [-0.05, 0) is 49.9 Å². The summed E-state index contributed by atoms with van der Waals surface area (Å²) < 4.78 is 0. The van der Waals surface area contributed by atoms with E-state index in [2.05, 4.69) is 43.1 Å². The highest BCUT2D eigenvalue weighted by Gasteiger charge is 2.22. The summed E-state index contributed by atoms with van der Waals surface area (Å²) in [5, 5.41) is 0. The van der Waals surface area contributed by atoms with Crippen molar-refractivity contribution < 1.29 is 0 Å². The lowest BCUT2D eigenvalue weighted by atomic mass is 10.1. The van der Waals surface area contributed by atoms with Gasteiger partial charge in [0.15, 0.2) is 0 Å². The van der Waals surface area contributed by atoms with Crippen LogP contribution in [0.3, 0.4) is 0 Å². The molecule has 1 saturated carbocycles. The summed E-state index contributed by atoms with van der Waals surface area (Å²) in [7, 11) is 2.19. The van der Waals surface area contributed by atoms with E-state index >= 15 is 0 Å². The molecule has 1 fully saturated rings. The minimum Gasteiger partial charge on any atom is -0.302 e. The van der Waals surface area contributed by atoms with Crippen molar-refractivity contribution in [3.8, 4) is 0 Å². The number of nitrogens with zero attached hydrogens (tertiary/aromatic N) is 1. The van der Waals surface area contributed by atoms with Crippen LogP contribution in [0, 0.1) is 0 Å². The van der Waals surface area contributed by atoms with Crippen LogP contribution in [0.15, 0.2) is 24.3 Å². The van der Waals surface area contributed by atoms with Crippen molar-refractivity contribution in [1.29, 1.82) is 0 Å². The maximum atomic E-state index is 2.38. The monoisotopic (exact) mass is 203 g/mol. The van der Waals surface area contributed by atoms with Crippen LogP contribution in [0.5, 0.6) is 0 Å². The summed E-state index contributed by atoms with van der Waals surface area (Å²) >= 11 is 0. The van der Waals surface area contributed by atoms with Crippen LogP contribution in [-0.4, -0.2) is 18.5 Å². The molecule has 0 bridgehead atoms. The maximum Gasteiger partial charge on any atom is 0.0230 e. The SMILES string of the molecule is CCCN(C)Cc1ccc(C2CC2)cc1. The Morgan fingerprint density at radius 1 is 1.20 bits per heavy atom. The zero-order chi connectivity index (χ0) is 10.7. The van der Waals surface area contributed by atoms with Gasteiger partial charge in [-0.3, -0.25) is 0 Å². The second-order valence-corrected chi connectivity index (χ2v) is 4.75. The topological polar surface area (TPSA) is 3.24 Å². The summed E-state index contributed by atoms with van der Waals surface area (Å²) in [5.41, 5.74) is 2.98. The van der Waals surface area contributed by atoms with Crippen LogP contribution >= 0.6 is 0 Å². The number of rotatable bonds is 5. The van der Waals surface area contributed by atoms with Crippen molar-refractivity contribution in [1.82, 2.24) is 4.90 Å². The predicted molar refractivity (Wildman–Crippen MR) is 65.0 cm³/mol. The van der Waals surface area contributed by atoms with Gasteiger partial charge in [0.2, 0.25) is 0 Å². The fourth-order valence-corrected chi connectivity index (χ4v) is 2.08. The maximum absolute atomic E-state index is 2.38. The van der Waals surface area contributed by atoms with Crippen LogP contribution in [-0.2, 0) is 6.54 Å². The number of hydrogen-bond donors (Lipinski definition) is 0. The molecule has 0 atom stereocenters. The van der Waals surface area contributed by atoms with Crippen molar-refractivity contribution in [3.05, 3.63) is 35.4 Å². The van der Waals surface area contributed by atoms with Crippen molar-refractivity contribution in [2.75, 3.05) is 13.6 Å². The molecule has 0 amide bonds. The second-order valence-electron chi connectivity index (χ2n) is 4.75. The molecule has 1 aromatic rings. The van der Waals surface area contributed by atoms with Gasteiger partial charge < -0.3 is 4.90 Å². The number of hydrogen-bond acceptors (Lipinski definition) is 1. The van der Waals surface area contributed by atoms with Gasteiger partial charge in [-0.15, -0.1) is 0 Å². The third kappa shape index (κ3) is 3.07. The van der Waals surface area contributed by atoms with E-state index in [1.807, 2.05) is 0 Å². The molecule has 0 aromatic heterocycles. The van der Waals surface area contributed by atoms with Crippen molar-refractivity contribution in [2.24, 2.45) is 0 Å². The highest BCUT2D eigenvalue weighted by Crippen LogP contribution is 2.39. The second kappa shape index (κ2) is 4.80. The van der Waals surface area contributed by atoms with Gasteiger partial charge in [0.05, 0.1) is 0 Å². The first-order valence-electron chi connectivity index (χ1n) is 6.07. The zero-order valence-electron chi connectivity index (χ0n) is 9.87. The fraction of sp³-hybridized carbons (Fsp3) is 0.571. The van der Waals surface area contributed by atoms with Crippen LogP contribution < -0.4 is 0 Å². The van der Waals surface area contributed by atoms with Crippen molar-refractivity contribution in [2.45, 2.75) is 38.6 Å². The first-order valence-corrected chi connectivity index (χ1v) is 6.07. The van der Waals surface area contributed by atoms with Gasteiger partial charge in [0, 0.05) is 6.54 Å². The van der Waals surface area contributed by atoms with Gasteiger partial charge >= 0.3 is 0 Å². The Balaban J connectivity index is 1.91. The molecule has 0 saturated heterocycles. The molecule has 1 nitrogen and oxygen atoms in total. The first-order chi connectivity index (χ1) is 7.29. The summed E-state index contributed by atoms with van der Waals surface area (Å²) in [4.78, 5) is 2.38. The summed E-state index contributed by atoms with van der Waals surface area (Å²) in [6, 6.07) is 9.21. The largest absolute Gasteiger partial charge is 0.302 e. The molecule has 0 spiro atoms. The van der Waals surface area contributed by atoms with Gasteiger partial charge in [-0.2, -0.15) is 0 Å². The fourth-order valence-electron chi connectivity index (χ4n) is 2.08.